The fraction of sp³-hybridized carbons (Fsp3) is 0.263. The summed E-state index contributed by atoms with van der Waals surface area (Å²) in [6, 6.07) is 10.9. The van der Waals surface area contributed by atoms with Gasteiger partial charge in [0, 0.05) is 31.6 Å². The molecule has 0 amide bonds. The van der Waals surface area contributed by atoms with Crippen molar-refractivity contribution in [3.63, 3.8) is 0 Å². The van der Waals surface area contributed by atoms with Gasteiger partial charge in [-0.05, 0) is 38.0 Å². The van der Waals surface area contributed by atoms with Crippen molar-refractivity contribution in [2.24, 2.45) is 14.1 Å². The van der Waals surface area contributed by atoms with Gasteiger partial charge in [-0.25, -0.2) is 4.98 Å². The number of hydrogen-bond donors (Lipinski definition) is 0. The molecule has 0 unspecified atom stereocenters. The van der Waals surface area contributed by atoms with Crippen molar-refractivity contribution in [3.8, 4) is 22.8 Å². The second-order valence-corrected chi connectivity index (χ2v) is 5.99. The third-order valence-corrected chi connectivity index (χ3v) is 4.21. The normalized spacial score (nSPS) is 11.0. The highest BCUT2D eigenvalue weighted by Gasteiger charge is 2.21. The number of imidazole rings is 1. The molecule has 1 aromatic carbocycles. The van der Waals surface area contributed by atoms with E-state index in [4.69, 9.17) is 0 Å². The van der Waals surface area contributed by atoms with Gasteiger partial charge in [0.15, 0.2) is 0 Å². The number of aryl methyl sites for hydroxylation is 4. The first kappa shape index (κ1) is 14.5. The second kappa shape index (κ2) is 5.41. The Balaban J connectivity index is 2.25. The molecule has 0 aliphatic rings. The smallest absolute Gasteiger partial charge is 0.248 e. The van der Waals surface area contributed by atoms with Crippen LogP contribution in [0.1, 0.15) is 16.7 Å². The maximum Gasteiger partial charge on any atom is 0.248 e. The van der Waals surface area contributed by atoms with Crippen LogP contribution in [0, 0.1) is 20.8 Å². The van der Waals surface area contributed by atoms with E-state index in [1.165, 1.54) is 27.9 Å². The fourth-order valence-electron chi connectivity index (χ4n) is 3.26. The highest BCUT2D eigenvalue weighted by molar-refractivity contribution is 5.67. The average molecular weight is 292 g/mol. The molecule has 0 radical (unpaired) electrons. The Hall–Kier alpha value is -2.42. The van der Waals surface area contributed by atoms with Gasteiger partial charge in [-0.2, -0.15) is 4.57 Å². The molecule has 0 bridgehead atoms. The Morgan fingerprint density at radius 1 is 1.00 bits per heavy atom. The minimum atomic E-state index is 0.978. The summed E-state index contributed by atoms with van der Waals surface area (Å²) >= 11 is 0. The summed E-state index contributed by atoms with van der Waals surface area (Å²) in [5, 5.41) is 0. The molecule has 3 rings (SSSR count). The molecule has 2 heterocycles. The van der Waals surface area contributed by atoms with Crippen LogP contribution in [0.15, 0.2) is 42.7 Å². The topological polar surface area (TPSA) is 21.7 Å². The standard InChI is InChI=1S/C19H22N3/c1-13-11-14(2)18(15(3)12-13)16-7-6-8-17(22(16)5)19-20-9-10-21(19)4/h6-12H,1-5H3/q+1. The largest absolute Gasteiger partial charge is 0.329 e. The Morgan fingerprint density at radius 3 is 2.23 bits per heavy atom. The second-order valence-electron chi connectivity index (χ2n) is 5.99. The molecule has 0 aliphatic carbocycles. The molecule has 0 atom stereocenters. The number of nitrogens with zero attached hydrogens (tertiary/aromatic N) is 3. The van der Waals surface area contributed by atoms with Crippen molar-refractivity contribution >= 4 is 0 Å². The first-order valence-electron chi connectivity index (χ1n) is 7.54. The molecule has 22 heavy (non-hydrogen) atoms. The third kappa shape index (κ3) is 2.33. The predicted molar refractivity (Wildman–Crippen MR) is 89.5 cm³/mol. The van der Waals surface area contributed by atoms with Crippen LogP contribution in [0.3, 0.4) is 0 Å². The van der Waals surface area contributed by atoms with E-state index in [-0.39, 0.29) is 0 Å². The highest BCUT2D eigenvalue weighted by Crippen LogP contribution is 2.27. The average Bonchev–Trinajstić information content (AvgIpc) is 2.86. The number of rotatable bonds is 2. The van der Waals surface area contributed by atoms with Crippen molar-refractivity contribution in [1.29, 1.82) is 0 Å². The molecule has 0 fully saturated rings. The summed E-state index contributed by atoms with van der Waals surface area (Å²) in [6.45, 7) is 6.51. The Labute approximate surface area is 131 Å². The van der Waals surface area contributed by atoms with Gasteiger partial charge in [0.05, 0.1) is 5.56 Å². The van der Waals surface area contributed by atoms with Gasteiger partial charge in [0.2, 0.25) is 17.2 Å². The molecule has 112 valence electrons. The maximum absolute atomic E-state index is 4.48. The summed E-state index contributed by atoms with van der Waals surface area (Å²) in [7, 11) is 4.13. The molecule has 0 saturated heterocycles. The lowest BCUT2D eigenvalue weighted by Gasteiger charge is -2.11. The molecular formula is C19H22N3+. The van der Waals surface area contributed by atoms with Gasteiger partial charge in [0.25, 0.3) is 0 Å². The quantitative estimate of drug-likeness (QED) is 0.662. The van der Waals surface area contributed by atoms with Gasteiger partial charge in [-0.3, -0.25) is 0 Å². The molecule has 0 aliphatic heterocycles. The molecular weight excluding hydrogens is 270 g/mol. The van der Waals surface area contributed by atoms with Crippen LogP contribution in [-0.2, 0) is 14.1 Å². The molecule has 3 heteroatoms. The van der Waals surface area contributed by atoms with Crippen molar-refractivity contribution in [3.05, 3.63) is 59.4 Å². The van der Waals surface area contributed by atoms with E-state index >= 15 is 0 Å². The lowest BCUT2D eigenvalue weighted by atomic mass is 9.96. The van der Waals surface area contributed by atoms with E-state index in [1.807, 2.05) is 24.0 Å². The van der Waals surface area contributed by atoms with E-state index in [0.717, 1.165) is 11.5 Å². The molecule has 0 spiro atoms. The van der Waals surface area contributed by atoms with Crippen LogP contribution in [-0.4, -0.2) is 9.55 Å². The first-order valence-corrected chi connectivity index (χ1v) is 7.54. The Kier molecular flexibility index (Phi) is 3.57. The van der Waals surface area contributed by atoms with Crippen LogP contribution in [0.5, 0.6) is 0 Å². The summed E-state index contributed by atoms with van der Waals surface area (Å²) in [6.07, 6.45) is 3.81. The van der Waals surface area contributed by atoms with Crippen molar-refractivity contribution in [2.75, 3.05) is 0 Å². The number of hydrogen-bond acceptors (Lipinski definition) is 1. The van der Waals surface area contributed by atoms with Crippen molar-refractivity contribution < 1.29 is 4.57 Å². The van der Waals surface area contributed by atoms with E-state index in [9.17, 15) is 0 Å². The molecule has 0 N–H and O–H groups in total. The van der Waals surface area contributed by atoms with Crippen LogP contribution in [0.4, 0.5) is 0 Å². The SMILES string of the molecule is Cc1cc(C)c(-c2cccc(-c3nccn3C)[n+]2C)c(C)c1. The Morgan fingerprint density at radius 2 is 1.64 bits per heavy atom. The fourth-order valence-corrected chi connectivity index (χ4v) is 3.26. The summed E-state index contributed by atoms with van der Waals surface area (Å²) in [5.41, 5.74) is 7.57. The van der Waals surface area contributed by atoms with Crippen molar-refractivity contribution in [1.82, 2.24) is 9.55 Å². The van der Waals surface area contributed by atoms with Crippen LogP contribution >= 0.6 is 0 Å². The van der Waals surface area contributed by atoms with Crippen LogP contribution in [0.2, 0.25) is 0 Å². The third-order valence-electron chi connectivity index (χ3n) is 4.21. The van der Waals surface area contributed by atoms with E-state index in [0.29, 0.717) is 0 Å². The zero-order chi connectivity index (χ0) is 15.9. The van der Waals surface area contributed by atoms with Gasteiger partial charge in [-0.1, -0.05) is 17.7 Å². The lowest BCUT2D eigenvalue weighted by Crippen LogP contribution is -2.35. The molecule has 2 aromatic heterocycles. The predicted octanol–water partition coefficient (Wildman–Crippen LogP) is 3.50. The highest BCUT2D eigenvalue weighted by atomic mass is 15.1. The summed E-state index contributed by atoms with van der Waals surface area (Å²) < 4.78 is 4.28. The first-order chi connectivity index (χ1) is 10.5. The van der Waals surface area contributed by atoms with Gasteiger partial charge >= 0.3 is 0 Å². The zero-order valence-corrected chi connectivity index (χ0v) is 13.9. The molecule has 3 nitrogen and oxygen atoms in total. The van der Waals surface area contributed by atoms with E-state index in [2.05, 4.69) is 67.7 Å². The monoisotopic (exact) mass is 292 g/mol. The van der Waals surface area contributed by atoms with Gasteiger partial charge < -0.3 is 4.57 Å². The maximum atomic E-state index is 4.48. The number of aromatic nitrogens is 3. The van der Waals surface area contributed by atoms with E-state index in [1.54, 1.807) is 0 Å². The molecule has 0 saturated carbocycles. The number of pyridine rings is 1. The van der Waals surface area contributed by atoms with Crippen LogP contribution in [0.25, 0.3) is 22.8 Å². The zero-order valence-electron chi connectivity index (χ0n) is 13.9. The minimum Gasteiger partial charge on any atom is -0.329 e. The number of benzene rings is 1. The Bertz CT molecular complexity index is 821. The van der Waals surface area contributed by atoms with E-state index < -0.39 is 0 Å². The minimum absolute atomic E-state index is 0.978. The molecule has 3 aromatic rings. The van der Waals surface area contributed by atoms with Gasteiger partial charge in [0.1, 0.15) is 7.05 Å². The van der Waals surface area contributed by atoms with Gasteiger partial charge in [-0.15, -0.1) is 0 Å². The summed E-state index contributed by atoms with van der Waals surface area (Å²) in [5.74, 6) is 0.978. The van der Waals surface area contributed by atoms with Crippen molar-refractivity contribution in [2.45, 2.75) is 20.8 Å². The summed E-state index contributed by atoms with van der Waals surface area (Å²) in [4.78, 5) is 4.48. The van der Waals surface area contributed by atoms with Crippen LogP contribution < -0.4 is 4.57 Å². The lowest BCUT2D eigenvalue weighted by molar-refractivity contribution is -0.649.